The standard InChI is InChI=1S/C8H14O2/c1-3-5-6-7-10-8(9)4-2/h5-6H,3-4,7H2,1-2H3. The van der Waals surface area contributed by atoms with Gasteiger partial charge in [0.1, 0.15) is 6.61 Å². The summed E-state index contributed by atoms with van der Waals surface area (Å²) in [5, 5.41) is 0. The molecular formula is C8H14O2. The average Bonchev–Trinajstić information content (AvgIpc) is 1.98. The Labute approximate surface area is 61.9 Å². The first-order valence-corrected chi connectivity index (χ1v) is 3.61. The maximum atomic E-state index is 10.5. The summed E-state index contributed by atoms with van der Waals surface area (Å²) in [5.41, 5.74) is 0. The highest BCUT2D eigenvalue weighted by atomic mass is 16.5. The van der Waals surface area contributed by atoms with E-state index in [1.54, 1.807) is 6.92 Å². The van der Waals surface area contributed by atoms with Gasteiger partial charge in [0.25, 0.3) is 0 Å². The van der Waals surface area contributed by atoms with Gasteiger partial charge in [-0.2, -0.15) is 0 Å². The van der Waals surface area contributed by atoms with Crippen LogP contribution in [0.2, 0.25) is 0 Å². The van der Waals surface area contributed by atoms with E-state index >= 15 is 0 Å². The lowest BCUT2D eigenvalue weighted by Gasteiger charge is -1.96. The van der Waals surface area contributed by atoms with E-state index in [1.165, 1.54) is 0 Å². The fraction of sp³-hybridized carbons (Fsp3) is 0.625. The second-order valence-corrected chi connectivity index (χ2v) is 1.92. The molecule has 0 saturated carbocycles. The summed E-state index contributed by atoms with van der Waals surface area (Å²) in [7, 11) is 0. The maximum absolute atomic E-state index is 10.5. The molecule has 0 heterocycles. The lowest BCUT2D eigenvalue weighted by Crippen LogP contribution is -2.01. The first-order chi connectivity index (χ1) is 4.81. The second-order valence-electron chi connectivity index (χ2n) is 1.92. The minimum absolute atomic E-state index is 0.138. The van der Waals surface area contributed by atoms with Crippen LogP contribution in [0.15, 0.2) is 12.2 Å². The molecule has 0 fully saturated rings. The third-order valence-electron chi connectivity index (χ3n) is 1.03. The molecule has 0 aromatic heterocycles. The highest BCUT2D eigenvalue weighted by molar-refractivity contribution is 5.68. The number of carbonyl (C=O) groups excluding carboxylic acids is 1. The molecule has 0 aliphatic rings. The molecule has 0 rings (SSSR count). The molecule has 10 heavy (non-hydrogen) atoms. The summed E-state index contributed by atoms with van der Waals surface area (Å²) in [6.07, 6.45) is 5.28. The van der Waals surface area contributed by atoms with Crippen molar-refractivity contribution in [2.45, 2.75) is 26.7 Å². The van der Waals surface area contributed by atoms with Gasteiger partial charge in [0.05, 0.1) is 0 Å². The van der Waals surface area contributed by atoms with Crippen molar-refractivity contribution in [2.75, 3.05) is 6.61 Å². The zero-order valence-corrected chi connectivity index (χ0v) is 6.59. The lowest BCUT2D eigenvalue weighted by atomic mass is 10.4. The number of hydrogen-bond acceptors (Lipinski definition) is 2. The molecule has 0 aromatic rings. The van der Waals surface area contributed by atoms with E-state index < -0.39 is 0 Å². The van der Waals surface area contributed by atoms with Crippen LogP contribution in [0.1, 0.15) is 26.7 Å². The predicted molar refractivity (Wildman–Crippen MR) is 40.7 cm³/mol. The monoisotopic (exact) mass is 142 g/mol. The molecule has 0 N–H and O–H groups in total. The van der Waals surface area contributed by atoms with Crippen molar-refractivity contribution >= 4 is 5.97 Å². The van der Waals surface area contributed by atoms with E-state index in [0.717, 1.165) is 6.42 Å². The summed E-state index contributed by atoms with van der Waals surface area (Å²) in [4.78, 5) is 10.5. The molecule has 0 aliphatic carbocycles. The average molecular weight is 142 g/mol. The van der Waals surface area contributed by atoms with Gasteiger partial charge in [0, 0.05) is 6.42 Å². The Morgan fingerprint density at radius 3 is 2.60 bits per heavy atom. The summed E-state index contributed by atoms with van der Waals surface area (Å²) < 4.78 is 4.77. The van der Waals surface area contributed by atoms with Gasteiger partial charge in [-0.15, -0.1) is 0 Å². The summed E-state index contributed by atoms with van der Waals surface area (Å²) in [5.74, 6) is -0.138. The van der Waals surface area contributed by atoms with Crippen molar-refractivity contribution in [2.24, 2.45) is 0 Å². The molecule has 0 aromatic carbocycles. The first-order valence-electron chi connectivity index (χ1n) is 3.61. The Kier molecular flexibility index (Phi) is 5.83. The van der Waals surface area contributed by atoms with Crippen molar-refractivity contribution < 1.29 is 9.53 Å². The lowest BCUT2D eigenvalue weighted by molar-refractivity contribution is -0.141. The fourth-order valence-electron chi connectivity index (χ4n) is 0.478. The predicted octanol–water partition coefficient (Wildman–Crippen LogP) is 1.91. The van der Waals surface area contributed by atoms with E-state index in [4.69, 9.17) is 4.74 Å². The Balaban J connectivity index is 3.19. The number of ether oxygens (including phenoxy) is 1. The van der Waals surface area contributed by atoms with Crippen LogP contribution < -0.4 is 0 Å². The topological polar surface area (TPSA) is 26.3 Å². The fourth-order valence-corrected chi connectivity index (χ4v) is 0.478. The van der Waals surface area contributed by atoms with Gasteiger partial charge >= 0.3 is 5.97 Å². The first kappa shape index (κ1) is 9.21. The Bertz CT molecular complexity index is 116. The normalized spacial score (nSPS) is 10.2. The van der Waals surface area contributed by atoms with Gasteiger partial charge in [0.15, 0.2) is 0 Å². The van der Waals surface area contributed by atoms with Gasteiger partial charge in [0.2, 0.25) is 0 Å². The van der Waals surface area contributed by atoms with Crippen molar-refractivity contribution in [1.82, 2.24) is 0 Å². The van der Waals surface area contributed by atoms with Crippen molar-refractivity contribution in [3.63, 3.8) is 0 Å². The SMILES string of the molecule is CCC=CCOC(=O)CC. The van der Waals surface area contributed by atoms with Crippen LogP contribution in [-0.2, 0) is 9.53 Å². The molecule has 0 atom stereocenters. The van der Waals surface area contributed by atoms with Crippen LogP contribution in [-0.4, -0.2) is 12.6 Å². The molecule has 0 radical (unpaired) electrons. The van der Waals surface area contributed by atoms with E-state index in [1.807, 2.05) is 19.1 Å². The van der Waals surface area contributed by atoms with E-state index in [2.05, 4.69) is 0 Å². The van der Waals surface area contributed by atoms with E-state index in [0.29, 0.717) is 13.0 Å². The largest absolute Gasteiger partial charge is 0.461 e. The molecule has 0 aliphatic heterocycles. The molecule has 0 unspecified atom stereocenters. The Hall–Kier alpha value is -0.790. The number of allylic oxidation sites excluding steroid dienone is 1. The van der Waals surface area contributed by atoms with Gasteiger partial charge in [-0.1, -0.05) is 26.0 Å². The van der Waals surface area contributed by atoms with Gasteiger partial charge in [-0.25, -0.2) is 0 Å². The number of rotatable bonds is 4. The number of carbonyl (C=O) groups is 1. The van der Waals surface area contributed by atoms with Crippen LogP contribution in [0.5, 0.6) is 0 Å². The summed E-state index contributed by atoms with van der Waals surface area (Å²) in [6, 6.07) is 0. The minimum Gasteiger partial charge on any atom is -0.461 e. The molecule has 0 amide bonds. The molecule has 2 heteroatoms. The van der Waals surface area contributed by atoms with Crippen molar-refractivity contribution in [3.05, 3.63) is 12.2 Å². The van der Waals surface area contributed by atoms with Crippen LogP contribution in [0.4, 0.5) is 0 Å². The van der Waals surface area contributed by atoms with Crippen LogP contribution >= 0.6 is 0 Å². The number of esters is 1. The molecular weight excluding hydrogens is 128 g/mol. The highest BCUT2D eigenvalue weighted by Crippen LogP contribution is 1.85. The third-order valence-corrected chi connectivity index (χ3v) is 1.03. The molecule has 0 spiro atoms. The molecule has 58 valence electrons. The minimum atomic E-state index is -0.138. The zero-order valence-electron chi connectivity index (χ0n) is 6.59. The Morgan fingerprint density at radius 2 is 2.10 bits per heavy atom. The van der Waals surface area contributed by atoms with Crippen molar-refractivity contribution in [1.29, 1.82) is 0 Å². The van der Waals surface area contributed by atoms with Crippen LogP contribution in [0.3, 0.4) is 0 Å². The highest BCUT2D eigenvalue weighted by Gasteiger charge is 1.92. The van der Waals surface area contributed by atoms with E-state index in [9.17, 15) is 4.79 Å². The van der Waals surface area contributed by atoms with Gasteiger partial charge in [-0.3, -0.25) is 4.79 Å². The number of hydrogen-bond donors (Lipinski definition) is 0. The summed E-state index contributed by atoms with van der Waals surface area (Å²) >= 11 is 0. The molecule has 2 nitrogen and oxygen atoms in total. The molecule has 0 saturated heterocycles. The van der Waals surface area contributed by atoms with Crippen molar-refractivity contribution in [3.8, 4) is 0 Å². The quantitative estimate of drug-likeness (QED) is 0.442. The second kappa shape index (κ2) is 6.33. The zero-order chi connectivity index (χ0) is 7.82. The third kappa shape index (κ3) is 5.35. The van der Waals surface area contributed by atoms with Gasteiger partial charge < -0.3 is 4.74 Å². The smallest absolute Gasteiger partial charge is 0.305 e. The van der Waals surface area contributed by atoms with Crippen LogP contribution in [0, 0.1) is 0 Å². The van der Waals surface area contributed by atoms with E-state index in [-0.39, 0.29) is 5.97 Å². The maximum Gasteiger partial charge on any atom is 0.305 e. The Morgan fingerprint density at radius 1 is 1.40 bits per heavy atom. The molecule has 0 bridgehead atoms. The van der Waals surface area contributed by atoms with Crippen LogP contribution in [0.25, 0.3) is 0 Å². The van der Waals surface area contributed by atoms with Gasteiger partial charge in [-0.05, 0) is 6.42 Å². The summed E-state index contributed by atoms with van der Waals surface area (Å²) in [6.45, 7) is 4.24.